The van der Waals surface area contributed by atoms with Gasteiger partial charge in [-0.3, -0.25) is 9.69 Å². The molecule has 3 aromatic rings. The van der Waals surface area contributed by atoms with Gasteiger partial charge in [0.15, 0.2) is 5.82 Å². The lowest BCUT2D eigenvalue weighted by Gasteiger charge is -2.35. The zero-order valence-electron chi connectivity index (χ0n) is 24.7. The van der Waals surface area contributed by atoms with Crippen LogP contribution in [0.2, 0.25) is 0 Å². The molecule has 1 aliphatic rings. The summed E-state index contributed by atoms with van der Waals surface area (Å²) in [6.07, 6.45) is 5.78. The number of nitrogens with zero attached hydrogens (tertiary/aromatic N) is 4. The van der Waals surface area contributed by atoms with Crippen molar-refractivity contribution in [3.05, 3.63) is 86.8 Å². The molecule has 8 nitrogen and oxygen atoms in total. The van der Waals surface area contributed by atoms with Crippen LogP contribution in [0.3, 0.4) is 0 Å². The Kier molecular flexibility index (Phi) is 10.1. The van der Waals surface area contributed by atoms with Gasteiger partial charge in [-0.05, 0) is 103 Å². The molecule has 2 aromatic carbocycles. The monoisotopic (exact) mass is 556 g/mol. The standard InChI is InChI=1S/C33H40N4O4/c1-6-22(4)37(23(5)7-2)20-28-18-27(10-12-29(28)26-14-15-34-32(19-26)35-39)30-13-11-25-9-8-24(17-31(25)41-30)16-21(3)33(38)36-40/h8-10,12,14-15,17-19,21-23,30H,6-7,11,13,16,20H2,1-5H3. The summed E-state index contributed by atoms with van der Waals surface area (Å²) in [7, 11) is 0. The number of aromatic nitrogens is 1. The number of amides is 1. The number of ether oxygens (including phenoxy) is 1. The Morgan fingerprint density at radius 2 is 1.78 bits per heavy atom. The van der Waals surface area contributed by atoms with Crippen molar-refractivity contribution in [2.75, 3.05) is 0 Å². The number of fused-ring (bicyclic) bond motifs is 1. The third-order valence-corrected chi connectivity index (χ3v) is 8.45. The molecule has 1 aromatic heterocycles. The third-order valence-electron chi connectivity index (χ3n) is 8.45. The van der Waals surface area contributed by atoms with Gasteiger partial charge in [-0.2, -0.15) is 0 Å². The maximum atomic E-state index is 11.7. The molecule has 0 saturated heterocycles. The van der Waals surface area contributed by atoms with Crippen LogP contribution in [-0.4, -0.2) is 27.9 Å². The average molecular weight is 557 g/mol. The van der Waals surface area contributed by atoms with Crippen LogP contribution >= 0.6 is 0 Å². The summed E-state index contributed by atoms with van der Waals surface area (Å²) in [6.45, 7) is 11.5. The predicted octanol–water partition coefficient (Wildman–Crippen LogP) is 8.08. The topological polar surface area (TPSA) is 101 Å². The van der Waals surface area contributed by atoms with E-state index in [0.29, 0.717) is 18.5 Å². The number of carbonyl (C=O) groups is 1. The van der Waals surface area contributed by atoms with Crippen LogP contribution < -0.4 is 4.74 Å². The molecule has 0 spiro atoms. The first-order chi connectivity index (χ1) is 19.8. The largest absolute Gasteiger partial charge is 0.485 e. The van der Waals surface area contributed by atoms with Crippen molar-refractivity contribution in [1.29, 1.82) is 0 Å². The lowest BCUT2D eigenvalue weighted by Crippen LogP contribution is -2.39. The second kappa shape index (κ2) is 13.7. The van der Waals surface area contributed by atoms with E-state index in [-0.39, 0.29) is 11.9 Å². The third kappa shape index (κ3) is 7.11. The lowest BCUT2D eigenvalue weighted by molar-refractivity contribution is -0.121. The van der Waals surface area contributed by atoms with Crippen LogP contribution in [0.1, 0.15) is 82.2 Å². The van der Waals surface area contributed by atoms with Gasteiger partial charge in [-0.25, -0.2) is 4.98 Å². The van der Waals surface area contributed by atoms with Gasteiger partial charge in [0.2, 0.25) is 0 Å². The molecule has 4 unspecified atom stereocenters. The van der Waals surface area contributed by atoms with Gasteiger partial charge in [-0.15, -0.1) is 9.81 Å². The zero-order valence-corrected chi connectivity index (χ0v) is 24.7. The van der Waals surface area contributed by atoms with Gasteiger partial charge in [0, 0.05) is 35.9 Å². The van der Waals surface area contributed by atoms with E-state index in [1.165, 1.54) is 5.56 Å². The van der Waals surface area contributed by atoms with E-state index in [9.17, 15) is 14.6 Å². The highest BCUT2D eigenvalue weighted by atomic mass is 16.5. The summed E-state index contributed by atoms with van der Waals surface area (Å²) >= 11 is 0. The van der Waals surface area contributed by atoms with Crippen molar-refractivity contribution >= 4 is 11.7 Å². The number of aryl methyl sites for hydroxylation is 1. The van der Waals surface area contributed by atoms with Gasteiger partial charge in [-0.1, -0.05) is 51.1 Å². The summed E-state index contributed by atoms with van der Waals surface area (Å²) in [5, 5.41) is 5.63. The van der Waals surface area contributed by atoms with Gasteiger partial charge < -0.3 is 4.74 Å². The molecule has 0 radical (unpaired) electrons. The van der Waals surface area contributed by atoms with Crippen LogP contribution in [0.5, 0.6) is 5.75 Å². The Morgan fingerprint density at radius 1 is 1.02 bits per heavy atom. The minimum Gasteiger partial charge on any atom is -0.485 e. The molecule has 41 heavy (non-hydrogen) atoms. The van der Waals surface area contributed by atoms with Crippen LogP contribution in [-0.2, 0) is 24.2 Å². The number of hydrogen-bond acceptors (Lipinski definition) is 7. The van der Waals surface area contributed by atoms with Crippen molar-refractivity contribution in [2.45, 2.75) is 91.5 Å². The molecule has 8 heteroatoms. The van der Waals surface area contributed by atoms with Crippen molar-refractivity contribution < 1.29 is 9.53 Å². The van der Waals surface area contributed by atoms with Crippen LogP contribution in [0, 0.1) is 15.7 Å². The average Bonchev–Trinajstić information content (AvgIpc) is 3.01. The zero-order chi connectivity index (χ0) is 29.5. The maximum Gasteiger partial charge on any atom is 0.289 e. The molecule has 0 bridgehead atoms. The molecule has 0 N–H and O–H groups in total. The number of benzene rings is 2. The number of rotatable bonds is 12. The normalized spacial score (nSPS) is 16.8. The number of carbonyl (C=O) groups excluding carboxylic acids is 1. The molecule has 0 fully saturated rings. The fourth-order valence-corrected chi connectivity index (χ4v) is 5.58. The molecule has 1 aliphatic heterocycles. The van der Waals surface area contributed by atoms with Crippen molar-refractivity contribution in [2.24, 2.45) is 16.3 Å². The molecule has 0 saturated carbocycles. The van der Waals surface area contributed by atoms with Crippen molar-refractivity contribution in [3.63, 3.8) is 0 Å². The first-order valence-electron chi connectivity index (χ1n) is 14.6. The summed E-state index contributed by atoms with van der Waals surface area (Å²) in [5.41, 5.74) is 6.32. The van der Waals surface area contributed by atoms with Crippen molar-refractivity contribution in [1.82, 2.24) is 9.88 Å². The first kappa shape index (κ1) is 30.2. The van der Waals surface area contributed by atoms with E-state index < -0.39 is 11.8 Å². The highest BCUT2D eigenvalue weighted by Gasteiger charge is 2.25. The Morgan fingerprint density at radius 3 is 2.46 bits per heavy atom. The van der Waals surface area contributed by atoms with E-state index in [4.69, 9.17) is 4.74 Å². The summed E-state index contributed by atoms with van der Waals surface area (Å²) < 4.78 is 6.56. The molecular formula is C33H40N4O4. The van der Waals surface area contributed by atoms with Crippen LogP contribution in [0.15, 0.2) is 65.1 Å². The Balaban J connectivity index is 1.68. The summed E-state index contributed by atoms with van der Waals surface area (Å²) in [6, 6.07) is 17.0. The fourth-order valence-electron chi connectivity index (χ4n) is 5.58. The fraction of sp³-hybridized carbons (Fsp3) is 0.455. The number of nitroso groups, excluding NO2 is 2. The Hall–Kier alpha value is -3.78. The minimum atomic E-state index is -0.636. The quantitative estimate of drug-likeness (QED) is 0.209. The number of hydrogen-bond donors (Lipinski definition) is 0. The number of pyridine rings is 1. The van der Waals surface area contributed by atoms with E-state index in [1.54, 1.807) is 19.2 Å². The van der Waals surface area contributed by atoms with Gasteiger partial charge in [0.1, 0.15) is 11.9 Å². The lowest BCUT2D eigenvalue weighted by atomic mass is 9.91. The minimum absolute atomic E-state index is 0.119. The highest BCUT2D eigenvalue weighted by molar-refractivity contribution is 5.79. The maximum absolute atomic E-state index is 11.7. The first-order valence-corrected chi connectivity index (χ1v) is 14.6. The second-order valence-corrected chi connectivity index (χ2v) is 11.2. The highest BCUT2D eigenvalue weighted by Crippen LogP contribution is 2.38. The predicted molar refractivity (Wildman–Crippen MR) is 162 cm³/mol. The SMILES string of the molecule is CCC(C)N(Cc1cc(C2CCc3ccc(CC(C)C(=O)N=O)cc3O2)ccc1-c1ccnc(N=O)c1)C(C)CC. The Labute approximate surface area is 242 Å². The van der Waals surface area contributed by atoms with E-state index >= 15 is 0 Å². The summed E-state index contributed by atoms with van der Waals surface area (Å²) in [4.78, 5) is 40.2. The second-order valence-electron chi connectivity index (χ2n) is 11.2. The van der Waals surface area contributed by atoms with Gasteiger partial charge in [0.25, 0.3) is 5.91 Å². The van der Waals surface area contributed by atoms with Crippen molar-refractivity contribution in [3.8, 4) is 16.9 Å². The molecular weight excluding hydrogens is 516 g/mol. The Bertz CT molecular complexity index is 1380. The molecule has 0 aliphatic carbocycles. The molecule has 2 heterocycles. The van der Waals surface area contributed by atoms with Crippen LogP contribution in [0.4, 0.5) is 5.82 Å². The molecule has 4 atom stereocenters. The van der Waals surface area contributed by atoms with E-state index in [2.05, 4.69) is 72.2 Å². The smallest absolute Gasteiger partial charge is 0.289 e. The van der Waals surface area contributed by atoms with E-state index in [0.717, 1.165) is 65.8 Å². The van der Waals surface area contributed by atoms with Gasteiger partial charge >= 0.3 is 0 Å². The van der Waals surface area contributed by atoms with E-state index in [1.807, 2.05) is 18.2 Å². The summed E-state index contributed by atoms with van der Waals surface area (Å²) in [5.74, 6) is -0.119. The molecule has 216 valence electrons. The van der Waals surface area contributed by atoms with Crippen LogP contribution in [0.25, 0.3) is 11.1 Å². The molecule has 4 rings (SSSR count). The van der Waals surface area contributed by atoms with Gasteiger partial charge in [0.05, 0.1) is 0 Å². The molecule has 1 amide bonds.